The first-order valence-electron chi connectivity index (χ1n) is 11.3. The second kappa shape index (κ2) is 11.7. The molecule has 0 radical (unpaired) electrons. The molecule has 0 aliphatic rings. The van der Waals surface area contributed by atoms with E-state index < -0.39 is 11.7 Å². The van der Waals surface area contributed by atoms with E-state index in [2.05, 4.69) is 19.1 Å². The van der Waals surface area contributed by atoms with E-state index in [1.165, 1.54) is 0 Å². The molecule has 0 aliphatic carbocycles. The van der Waals surface area contributed by atoms with E-state index in [-0.39, 0.29) is 6.61 Å². The second-order valence-electron chi connectivity index (χ2n) is 7.96. The van der Waals surface area contributed by atoms with Crippen LogP contribution in [0.4, 0.5) is 0 Å². The monoisotopic (exact) mass is 434 g/mol. The number of rotatable bonds is 12. The molecule has 1 atom stereocenters. The highest BCUT2D eigenvalue weighted by atomic mass is 16.5. The molecule has 0 saturated heterocycles. The largest absolute Gasteiger partial charge is 0.497 e. The molecule has 0 bridgehead atoms. The number of unbranched alkanes of at least 4 members (excludes halogenated alkanes) is 2. The molecule has 4 heteroatoms. The molecule has 3 aromatic carbocycles. The normalized spacial score (nSPS) is 12.4. The highest BCUT2D eigenvalue weighted by Gasteiger charge is 2.38. The maximum Gasteiger partial charge on any atom is 0.143 e. The van der Waals surface area contributed by atoms with Crippen molar-refractivity contribution in [2.24, 2.45) is 0 Å². The summed E-state index contributed by atoms with van der Waals surface area (Å²) in [6, 6.07) is 26.0. The van der Waals surface area contributed by atoms with Crippen molar-refractivity contribution in [3.63, 3.8) is 0 Å². The van der Waals surface area contributed by atoms with Gasteiger partial charge in [0, 0.05) is 0 Å². The first-order chi connectivity index (χ1) is 15.6. The fourth-order valence-electron chi connectivity index (χ4n) is 4.01. The highest BCUT2D eigenvalue weighted by Crippen LogP contribution is 2.41. The maximum atomic E-state index is 10.7. The molecule has 1 unspecified atom stereocenters. The topological polar surface area (TPSA) is 47.9 Å². The van der Waals surface area contributed by atoms with Gasteiger partial charge in [0.25, 0.3) is 0 Å². The van der Waals surface area contributed by atoms with Gasteiger partial charge in [0.2, 0.25) is 0 Å². The van der Waals surface area contributed by atoms with Crippen LogP contribution >= 0.6 is 0 Å². The van der Waals surface area contributed by atoms with Crippen LogP contribution in [0.25, 0.3) is 0 Å². The van der Waals surface area contributed by atoms with Gasteiger partial charge in [-0.25, -0.2) is 0 Å². The molecule has 0 fully saturated rings. The summed E-state index contributed by atoms with van der Waals surface area (Å²) >= 11 is 0. The average molecular weight is 435 g/mol. The van der Waals surface area contributed by atoms with Crippen molar-refractivity contribution in [1.29, 1.82) is 0 Å². The van der Waals surface area contributed by atoms with Crippen molar-refractivity contribution in [3.05, 3.63) is 95.6 Å². The summed E-state index contributed by atoms with van der Waals surface area (Å²) in [6.45, 7) is 2.40. The Balaban J connectivity index is 2.08. The summed E-state index contributed by atoms with van der Waals surface area (Å²) in [5.41, 5.74) is 2.05. The molecule has 170 valence electrons. The molecule has 3 aromatic rings. The number of aliphatic hydroxyl groups excluding tert-OH is 1. The molecule has 0 spiro atoms. The summed E-state index contributed by atoms with van der Waals surface area (Å²) in [4.78, 5) is 0. The van der Waals surface area contributed by atoms with Gasteiger partial charge >= 0.3 is 0 Å². The SMILES string of the molecule is CCCCCC(O)COC(c1ccccc1)(c1ccc(OC)cc1)c1ccc(OC)cc1. The number of hydrogen-bond acceptors (Lipinski definition) is 4. The lowest BCUT2D eigenvalue weighted by molar-refractivity contribution is -0.0405. The lowest BCUT2D eigenvalue weighted by Crippen LogP contribution is -2.35. The molecule has 0 heterocycles. The third-order valence-electron chi connectivity index (χ3n) is 5.81. The molecular weight excluding hydrogens is 400 g/mol. The van der Waals surface area contributed by atoms with Gasteiger partial charge in [-0.2, -0.15) is 0 Å². The van der Waals surface area contributed by atoms with Gasteiger partial charge in [0.05, 0.1) is 26.9 Å². The maximum absolute atomic E-state index is 10.7. The predicted molar refractivity (Wildman–Crippen MR) is 128 cm³/mol. The standard InChI is InChI=1S/C28H34O4/c1-4-5-7-12-25(29)21-32-28(22-10-8-6-9-11-22,23-13-17-26(30-2)18-14-23)24-15-19-27(31-3)20-16-24/h6,8-11,13-20,25,29H,4-5,7,12,21H2,1-3H3. The van der Waals surface area contributed by atoms with Crippen LogP contribution in [0.1, 0.15) is 49.3 Å². The molecule has 4 nitrogen and oxygen atoms in total. The number of benzene rings is 3. The van der Waals surface area contributed by atoms with Crippen molar-refractivity contribution in [2.45, 2.75) is 44.3 Å². The quantitative estimate of drug-likeness (QED) is 0.282. The second-order valence-corrected chi connectivity index (χ2v) is 7.96. The summed E-state index contributed by atoms with van der Waals surface area (Å²) in [6.07, 6.45) is 3.42. The van der Waals surface area contributed by atoms with Crippen molar-refractivity contribution in [2.75, 3.05) is 20.8 Å². The van der Waals surface area contributed by atoms with Crippen LogP contribution < -0.4 is 9.47 Å². The van der Waals surface area contributed by atoms with E-state index in [1.54, 1.807) is 14.2 Å². The zero-order valence-corrected chi connectivity index (χ0v) is 19.3. The first-order valence-corrected chi connectivity index (χ1v) is 11.3. The fourth-order valence-corrected chi connectivity index (χ4v) is 4.01. The zero-order chi connectivity index (χ0) is 22.8. The number of methoxy groups -OCH3 is 2. The van der Waals surface area contributed by atoms with Gasteiger partial charge in [-0.15, -0.1) is 0 Å². The van der Waals surface area contributed by atoms with Gasteiger partial charge in [-0.3, -0.25) is 0 Å². The Morgan fingerprint density at radius 1 is 0.719 bits per heavy atom. The van der Waals surface area contributed by atoms with Gasteiger partial charge in [0.1, 0.15) is 17.1 Å². The van der Waals surface area contributed by atoms with Crippen LogP contribution in [0.3, 0.4) is 0 Å². The van der Waals surface area contributed by atoms with Crippen molar-refractivity contribution >= 4 is 0 Å². The fraction of sp³-hybridized carbons (Fsp3) is 0.357. The van der Waals surface area contributed by atoms with Crippen LogP contribution in [0.2, 0.25) is 0 Å². The molecule has 0 aromatic heterocycles. The molecule has 3 rings (SSSR count). The van der Waals surface area contributed by atoms with Gasteiger partial charge in [0.15, 0.2) is 0 Å². The van der Waals surface area contributed by atoms with E-state index in [9.17, 15) is 5.11 Å². The minimum absolute atomic E-state index is 0.233. The molecular formula is C28H34O4. The van der Waals surface area contributed by atoms with E-state index in [4.69, 9.17) is 14.2 Å². The lowest BCUT2D eigenvalue weighted by Gasteiger charge is -2.36. The van der Waals surface area contributed by atoms with Crippen LogP contribution in [0, 0.1) is 0 Å². The summed E-state index contributed by atoms with van der Waals surface area (Å²) in [5.74, 6) is 1.56. The molecule has 0 aliphatic heterocycles. The van der Waals surface area contributed by atoms with Gasteiger partial charge in [-0.05, 0) is 47.4 Å². The third-order valence-corrected chi connectivity index (χ3v) is 5.81. The Labute approximate surface area is 191 Å². The molecule has 0 amide bonds. The van der Waals surface area contributed by atoms with Crippen LogP contribution in [-0.4, -0.2) is 32.0 Å². The van der Waals surface area contributed by atoms with Crippen LogP contribution in [0.5, 0.6) is 11.5 Å². The van der Waals surface area contributed by atoms with E-state index in [0.29, 0.717) is 0 Å². The summed E-state index contributed by atoms with van der Waals surface area (Å²) in [7, 11) is 3.32. The van der Waals surface area contributed by atoms with Crippen molar-refractivity contribution in [3.8, 4) is 11.5 Å². The number of hydrogen-bond donors (Lipinski definition) is 1. The van der Waals surface area contributed by atoms with Gasteiger partial charge < -0.3 is 19.3 Å². The zero-order valence-electron chi connectivity index (χ0n) is 19.3. The van der Waals surface area contributed by atoms with E-state index in [0.717, 1.165) is 53.9 Å². The predicted octanol–water partition coefficient (Wildman–Crippen LogP) is 5.95. The third kappa shape index (κ3) is 5.50. The molecule has 1 N–H and O–H groups in total. The Hall–Kier alpha value is -2.82. The summed E-state index contributed by atoms with van der Waals surface area (Å²) < 4.78 is 17.5. The van der Waals surface area contributed by atoms with Gasteiger partial charge in [-0.1, -0.05) is 80.8 Å². The molecule has 32 heavy (non-hydrogen) atoms. The molecule has 0 saturated carbocycles. The number of ether oxygens (including phenoxy) is 3. The lowest BCUT2D eigenvalue weighted by atomic mass is 9.80. The van der Waals surface area contributed by atoms with Crippen LogP contribution in [-0.2, 0) is 10.3 Å². The Morgan fingerprint density at radius 3 is 1.69 bits per heavy atom. The first kappa shape index (κ1) is 23.8. The van der Waals surface area contributed by atoms with Crippen molar-refractivity contribution in [1.82, 2.24) is 0 Å². The Morgan fingerprint density at radius 2 is 1.22 bits per heavy atom. The van der Waals surface area contributed by atoms with E-state index in [1.807, 2.05) is 66.7 Å². The number of aliphatic hydroxyl groups is 1. The summed E-state index contributed by atoms with van der Waals surface area (Å²) in [5, 5.41) is 10.7. The Kier molecular flexibility index (Phi) is 8.72. The highest BCUT2D eigenvalue weighted by molar-refractivity contribution is 5.49. The average Bonchev–Trinajstić information content (AvgIpc) is 2.86. The minimum Gasteiger partial charge on any atom is -0.497 e. The minimum atomic E-state index is -0.883. The smallest absolute Gasteiger partial charge is 0.143 e. The van der Waals surface area contributed by atoms with E-state index >= 15 is 0 Å². The Bertz CT molecular complexity index is 872. The van der Waals surface area contributed by atoms with Crippen LogP contribution in [0.15, 0.2) is 78.9 Å². The van der Waals surface area contributed by atoms with Crippen molar-refractivity contribution < 1.29 is 19.3 Å².